The van der Waals surface area contributed by atoms with Crippen molar-refractivity contribution in [2.75, 3.05) is 20.2 Å². The summed E-state index contributed by atoms with van der Waals surface area (Å²) in [5, 5.41) is 13.1. The Hall–Kier alpha value is -0.120. The molecule has 0 radical (unpaired) electrons. The Morgan fingerprint density at radius 1 is 1.28 bits per heavy atom. The van der Waals surface area contributed by atoms with Crippen molar-refractivity contribution >= 4 is 0 Å². The van der Waals surface area contributed by atoms with Crippen LogP contribution in [-0.4, -0.2) is 47.8 Å². The first-order valence-corrected chi connectivity index (χ1v) is 7.80. The van der Waals surface area contributed by atoms with Crippen molar-refractivity contribution in [1.29, 1.82) is 0 Å². The first kappa shape index (κ1) is 14.3. The van der Waals surface area contributed by atoms with Crippen molar-refractivity contribution < 1.29 is 5.11 Å². The fourth-order valence-corrected chi connectivity index (χ4v) is 3.47. The highest BCUT2D eigenvalue weighted by molar-refractivity contribution is 4.98. The van der Waals surface area contributed by atoms with Crippen molar-refractivity contribution in [3.63, 3.8) is 0 Å². The SMILES string of the molecule is CCCCN(C1CC1)C1CCCC(CO)(NC)C1. The molecule has 2 unspecified atom stereocenters. The van der Waals surface area contributed by atoms with Crippen LogP contribution in [0.2, 0.25) is 0 Å². The molecule has 2 saturated carbocycles. The number of hydrogen-bond donors (Lipinski definition) is 2. The second-order valence-electron chi connectivity index (χ2n) is 6.26. The van der Waals surface area contributed by atoms with Crippen LogP contribution in [0.15, 0.2) is 0 Å². The summed E-state index contributed by atoms with van der Waals surface area (Å²) >= 11 is 0. The quantitative estimate of drug-likeness (QED) is 0.731. The second-order valence-corrected chi connectivity index (χ2v) is 6.26. The summed E-state index contributed by atoms with van der Waals surface area (Å²) in [4.78, 5) is 2.75. The lowest BCUT2D eigenvalue weighted by Gasteiger charge is -2.44. The predicted octanol–water partition coefficient (Wildman–Crippen LogP) is 2.14. The Kier molecular flexibility index (Phi) is 5.05. The van der Waals surface area contributed by atoms with E-state index < -0.39 is 0 Å². The van der Waals surface area contributed by atoms with Gasteiger partial charge in [0.15, 0.2) is 0 Å². The van der Waals surface area contributed by atoms with Gasteiger partial charge in [0.2, 0.25) is 0 Å². The van der Waals surface area contributed by atoms with Crippen LogP contribution in [0, 0.1) is 0 Å². The summed E-state index contributed by atoms with van der Waals surface area (Å²) in [5.41, 5.74) is -0.0116. The number of aliphatic hydroxyl groups excluding tert-OH is 1. The number of unbranched alkanes of at least 4 members (excludes halogenated alkanes) is 1. The van der Waals surface area contributed by atoms with Crippen molar-refractivity contribution in [1.82, 2.24) is 10.2 Å². The van der Waals surface area contributed by atoms with E-state index in [1.54, 1.807) is 0 Å². The van der Waals surface area contributed by atoms with Crippen LogP contribution in [0.25, 0.3) is 0 Å². The molecule has 18 heavy (non-hydrogen) atoms. The second kappa shape index (κ2) is 6.36. The average molecular weight is 254 g/mol. The molecule has 0 saturated heterocycles. The van der Waals surface area contributed by atoms with Crippen molar-refractivity contribution in [2.45, 2.75) is 75.9 Å². The maximum atomic E-state index is 9.69. The molecule has 2 fully saturated rings. The molecule has 0 aromatic rings. The van der Waals surface area contributed by atoms with Gasteiger partial charge in [0.1, 0.15) is 0 Å². The molecule has 0 heterocycles. The summed E-state index contributed by atoms with van der Waals surface area (Å²) in [5.74, 6) is 0. The summed E-state index contributed by atoms with van der Waals surface area (Å²) in [6.45, 7) is 3.82. The van der Waals surface area contributed by atoms with Gasteiger partial charge in [0.25, 0.3) is 0 Å². The Morgan fingerprint density at radius 2 is 2.06 bits per heavy atom. The third-order valence-corrected chi connectivity index (χ3v) is 4.91. The molecule has 0 spiro atoms. The van der Waals surface area contributed by atoms with Crippen LogP contribution in [0.1, 0.15) is 58.3 Å². The van der Waals surface area contributed by atoms with Crippen molar-refractivity contribution in [2.24, 2.45) is 0 Å². The molecule has 0 aliphatic heterocycles. The molecule has 0 amide bonds. The lowest BCUT2D eigenvalue weighted by atomic mass is 9.79. The van der Waals surface area contributed by atoms with Gasteiger partial charge in [-0.2, -0.15) is 0 Å². The smallest absolute Gasteiger partial charge is 0.0613 e. The van der Waals surface area contributed by atoms with Gasteiger partial charge >= 0.3 is 0 Å². The standard InChI is InChI=1S/C15H30N2O/c1-3-4-10-17(13-7-8-13)14-6-5-9-15(11-14,12-18)16-2/h13-14,16,18H,3-12H2,1-2H3. The van der Waals surface area contributed by atoms with Gasteiger partial charge in [0.05, 0.1) is 6.61 Å². The van der Waals surface area contributed by atoms with Gasteiger partial charge in [0, 0.05) is 17.6 Å². The van der Waals surface area contributed by atoms with Gasteiger partial charge in [-0.05, 0) is 58.5 Å². The van der Waals surface area contributed by atoms with E-state index in [0.717, 1.165) is 18.9 Å². The van der Waals surface area contributed by atoms with Gasteiger partial charge in [-0.15, -0.1) is 0 Å². The molecule has 2 N–H and O–H groups in total. The van der Waals surface area contributed by atoms with Crippen molar-refractivity contribution in [3.8, 4) is 0 Å². The van der Waals surface area contributed by atoms with Gasteiger partial charge in [-0.1, -0.05) is 13.3 Å². The number of rotatable bonds is 7. The number of nitrogens with zero attached hydrogens (tertiary/aromatic N) is 1. The average Bonchev–Trinajstić information content (AvgIpc) is 3.24. The van der Waals surface area contributed by atoms with Crippen molar-refractivity contribution in [3.05, 3.63) is 0 Å². The molecular weight excluding hydrogens is 224 g/mol. The Bertz CT molecular complexity index is 249. The lowest BCUT2D eigenvalue weighted by Crippen LogP contribution is -2.55. The zero-order valence-electron chi connectivity index (χ0n) is 12.1. The number of likely N-dealkylation sites (N-methyl/N-ethyl adjacent to an activating group) is 1. The third kappa shape index (κ3) is 3.25. The summed E-state index contributed by atoms with van der Waals surface area (Å²) < 4.78 is 0. The van der Waals surface area contributed by atoms with E-state index in [4.69, 9.17) is 0 Å². The minimum atomic E-state index is -0.0116. The van der Waals surface area contributed by atoms with E-state index in [-0.39, 0.29) is 12.1 Å². The topological polar surface area (TPSA) is 35.5 Å². The van der Waals surface area contributed by atoms with E-state index in [1.807, 2.05) is 7.05 Å². The number of hydrogen-bond acceptors (Lipinski definition) is 3. The Morgan fingerprint density at radius 3 is 2.61 bits per heavy atom. The third-order valence-electron chi connectivity index (χ3n) is 4.91. The van der Waals surface area contributed by atoms with Crippen LogP contribution >= 0.6 is 0 Å². The minimum absolute atomic E-state index is 0.0116. The summed E-state index contributed by atoms with van der Waals surface area (Å²) in [7, 11) is 2.01. The molecule has 3 nitrogen and oxygen atoms in total. The largest absolute Gasteiger partial charge is 0.394 e. The molecule has 0 bridgehead atoms. The highest BCUT2D eigenvalue weighted by Crippen LogP contribution is 2.37. The fraction of sp³-hybridized carbons (Fsp3) is 1.00. The molecule has 2 rings (SSSR count). The first-order valence-electron chi connectivity index (χ1n) is 7.80. The van der Waals surface area contributed by atoms with Crippen LogP contribution in [-0.2, 0) is 0 Å². The Labute approximate surface area is 112 Å². The molecule has 106 valence electrons. The molecule has 0 aromatic heterocycles. The summed E-state index contributed by atoms with van der Waals surface area (Å²) in [6.07, 6.45) is 10.2. The molecule has 3 heteroatoms. The van der Waals surface area contributed by atoms with Gasteiger partial charge in [-0.3, -0.25) is 4.90 Å². The highest BCUT2D eigenvalue weighted by atomic mass is 16.3. The number of aliphatic hydroxyl groups is 1. The molecule has 0 aromatic carbocycles. The normalized spacial score (nSPS) is 33.0. The van der Waals surface area contributed by atoms with Gasteiger partial charge in [-0.25, -0.2) is 0 Å². The summed E-state index contributed by atoms with van der Waals surface area (Å²) in [6, 6.07) is 1.55. The lowest BCUT2D eigenvalue weighted by molar-refractivity contribution is 0.0590. The zero-order valence-corrected chi connectivity index (χ0v) is 12.1. The fourth-order valence-electron chi connectivity index (χ4n) is 3.47. The van der Waals surface area contributed by atoms with E-state index in [1.165, 1.54) is 45.1 Å². The molecule has 2 aliphatic rings. The first-order chi connectivity index (χ1) is 8.74. The minimum Gasteiger partial charge on any atom is -0.394 e. The maximum absolute atomic E-state index is 9.69. The molecule has 2 atom stereocenters. The van der Waals surface area contributed by atoms with E-state index in [0.29, 0.717) is 6.04 Å². The van der Waals surface area contributed by atoms with E-state index in [2.05, 4.69) is 17.1 Å². The van der Waals surface area contributed by atoms with E-state index >= 15 is 0 Å². The predicted molar refractivity (Wildman–Crippen MR) is 75.8 cm³/mol. The van der Waals surface area contributed by atoms with Crippen LogP contribution in [0.3, 0.4) is 0 Å². The molecular formula is C15H30N2O. The van der Waals surface area contributed by atoms with E-state index in [9.17, 15) is 5.11 Å². The van der Waals surface area contributed by atoms with Crippen LogP contribution < -0.4 is 5.32 Å². The van der Waals surface area contributed by atoms with Crippen LogP contribution in [0.5, 0.6) is 0 Å². The molecule has 2 aliphatic carbocycles. The Balaban J connectivity index is 1.96. The monoisotopic (exact) mass is 254 g/mol. The zero-order chi connectivity index (χ0) is 13.0. The highest BCUT2D eigenvalue weighted by Gasteiger charge is 2.40. The van der Waals surface area contributed by atoms with Crippen LogP contribution in [0.4, 0.5) is 0 Å². The number of nitrogens with one attached hydrogen (secondary N) is 1. The van der Waals surface area contributed by atoms with Gasteiger partial charge < -0.3 is 10.4 Å². The maximum Gasteiger partial charge on any atom is 0.0613 e.